The highest BCUT2D eigenvalue weighted by Gasteiger charge is 2.08. The molecule has 7 heteroatoms. The second-order valence-electron chi connectivity index (χ2n) is 3.41. The van der Waals surface area contributed by atoms with Gasteiger partial charge in [-0.05, 0) is 45.3 Å². The zero-order valence-corrected chi connectivity index (χ0v) is 13.1. The van der Waals surface area contributed by atoms with Crippen LogP contribution in [0.4, 0.5) is 5.69 Å². The highest BCUT2D eigenvalue weighted by atomic mass is 127. The molecule has 0 radical (unpaired) electrons. The molecule has 0 bridgehead atoms. The summed E-state index contributed by atoms with van der Waals surface area (Å²) in [5, 5.41) is 12.6. The van der Waals surface area contributed by atoms with Gasteiger partial charge in [-0.2, -0.15) is 5.10 Å². The average Bonchev–Trinajstić information content (AvgIpc) is 2.74. The Labute approximate surface area is 116 Å². The van der Waals surface area contributed by atoms with Gasteiger partial charge in [0.25, 0.3) is 0 Å². The second kappa shape index (κ2) is 5.42. The summed E-state index contributed by atoms with van der Waals surface area (Å²) in [5.74, 6) is 1.82. The number of nitrogens with one attached hydrogen (secondary N) is 1. The van der Waals surface area contributed by atoms with Crippen molar-refractivity contribution in [1.82, 2.24) is 9.55 Å². The number of fused-ring (bicyclic) bond motifs is 1. The van der Waals surface area contributed by atoms with Crippen LogP contribution in [0.3, 0.4) is 0 Å². The lowest BCUT2D eigenvalue weighted by molar-refractivity contribution is 1.04. The van der Waals surface area contributed by atoms with Crippen LogP contribution in [0.25, 0.3) is 16.5 Å². The van der Waals surface area contributed by atoms with Gasteiger partial charge in [-0.1, -0.05) is 5.82 Å². The Bertz CT molecular complexity index is 606. The fraction of sp³-hybridized carbons (Fsp3) is 0. The van der Waals surface area contributed by atoms with Crippen molar-refractivity contribution in [2.24, 2.45) is 0 Å². The summed E-state index contributed by atoms with van der Waals surface area (Å²) in [6.45, 7) is 0. The molecule has 2 atom stereocenters. The third kappa shape index (κ3) is 2.37. The summed E-state index contributed by atoms with van der Waals surface area (Å²) in [4.78, 5) is 0. The van der Waals surface area contributed by atoms with Crippen LogP contribution < -0.4 is 5.73 Å². The number of nitrogens with zero attached hydrogens (tertiary/aromatic N) is 2. The first kappa shape index (κ1) is 12.9. The Hall–Kier alpha value is -0.510. The van der Waals surface area contributed by atoms with Crippen LogP contribution in [0.5, 0.6) is 0 Å². The van der Waals surface area contributed by atoms with E-state index in [1.54, 1.807) is 6.20 Å². The monoisotopic (exact) mass is 376 g/mol. The lowest BCUT2D eigenvalue weighted by atomic mass is 10.1. The molecule has 0 aliphatic rings. The second-order valence-corrected chi connectivity index (χ2v) is 5.78. The van der Waals surface area contributed by atoms with E-state index in [0.717, 1.165) is 22.0 Å². The summed E-state index contributed by atoms with van der Waals surface area (Å²) >= 11 is 2.28. The molecule has 0 aliphatic heterocycles. The topological polar surface area (TPSA) is 67.7 Å². The smallest absolute Gasteiger partial charge is 0.0756 e. The van der Waals surface area contributed by atoms with E-state index in [0.29, 0.717) is 12.1 Å². The van der Waals surface area contributed by atoms with Gasteiger partial charge >= 0.3 is 0 Å². The molecule has 1 heterocycles. The third-order valence-electron chi connectivity index (χ3n) is 2.47. The fourth-order valence-electron chi connectivity index (χ4n) is 1.62. The van der Waals surface area contributed by atoms with E-state index >= 15 is 0 Å². The fourth-order valence-corrected chi connectivity index (χ4v) is 3.43. The predicted octanol–water partition coefficient (Wildman–Crippen LogP) is 3.28. The summed E-state index contributed by atoms with van der Waals surface area (Å²) in [6, 6.07) is 3.90. The Kier molecular flexibility index (Phi) is 4.13. The van der Waals surface area contributed by atoms with Gasteiger partial charge in [0.2, 0.25) is 0 Å². The summed E-state index contributed by atoms with van der Waals surface area (Å²) < 4.78 is 1.92. The zero-order chi connectivity index (χ0) is 12.4. The van der Waals surface area contributed by atoms with Crippen LogP contribution in [0.2, 0.25) is 0 Å². The number of aromatic nitrogens is 2. The molecule has 1 aromatic heterocycles. The maximum absolute atomic E-state index is 7.37. The van der Waals surface area contributed by atoms with Crippen molar-refractivity contribution in [1.29, 1.82) is 5.41 Å². The lowest BCUT2D eigenvalue weighted by Gasteiger charge is -2.05. The number of hydrogen-bond donors (Lipinski definition) is 2. The van der Waals surface area contributed by atoms with Gasteiger partial charge in [0.05, 0.1) is 18.1 Å². The van der Waals surface area contributed by atoms with Crippen LogP contribution >= 0.6 is 37.7 Å². The molecule has 17 heavy (non-hydrogen) atoms. The normalized spacial score (nSPS) is 12.7. The number of benzene rings is 1. The molecular weight excluding hydrogens is 365 g/mol. The van der Waals surface area contributed by atoms with E-state index in [4.69, 9.17) is 11.1 Å². The minimum absolute atomic E-state index is 0.534. The van der Waals surface area contributed by atoms with Crippen LogP contribution in [0.15, 0.2) is 24.1 Å². The molecule has 0 saturated heterocycles. The number of nitrogen functional groups attached to an aromatic ring is 1. The quantitative estimate of drug-likeness (QED) is 0.374. The van der Waals surface area contributed by atoms with Crippen molar-refractivity contribution in [2.75, 3.05) is 5.73 Å². The minimum atomic E-state index is 0.534. The van der Waals surface area contributed by atoms with E-state index in [1.165, 1.54) is 6.21 Å². The standard InChI is InChI=1S/C10H11IN4P2/c11-17-15-10-2-6(7(3-12)5-16)1-9(13)8(10)4-14-15/h1-5,12,17H,13,16H2/b7-5+,12-3?. The largest absolute Gasteiger partial charge is 0.398 e. The van der Waals surface area contributed by atoms with Crippen molar-refractivity contribution in [3.8, 4) is 0 Å². The number of nitrogens with two attached hydrogens (primary N) is 1. The highest BCUT2D eigenvalue weighted by Crippen LogP contribution is 2.32. The molecule has 0 saturated carbocycles. The number of rotatable bonds is 3. The van der Waals surface area contributed by atoms with Crippen LogP contribution in [0.1, 0.15) is 5.56 Å². The third-order valence-corrected chi connectivity index (χ3v) is 4.72. The summed E-state index contributed by atoms with van der Waals surface area (Å²) in [7, 11) is 2.51. The van der Waals surface area contributed by atoms with E-state index in [2.05, 4.69) is 36.4 Å². The van der Waals surface area contributed by atoms with Gasteiger partial charge in [0.1, 0.15) is 0 Å². The van der Waals surface area contributed by atoms with Gasteiger partial charge in [0, 0.05) is 17.3 Å². The first-order chi connectivity index (χ1) is 8.21. The van der Waals surface area contributed by atoms with Crippen LogP contribution in [-0.4, -0.2) is 15.8 Å². The molecule has 0 amide bonds. The van der Waals surface area contributed by atoms with E-state index in [9.17, 15) is 0 Å². The minimum Gasteiger partial charge on any atom is -0.398 e. The first-order valence-corrected chi connectivity index (χ1v) is 9.50. The van der Waals surface area contributed by atoms with Crippen molar-refractivity contribution in [3.05, 3.63) is 29.7 Å². The van der Waals surface area contributed by atoms with Gasteiger partial charge in [-0.25, -0.2) is 4.45 Å². The Morgan fingerprint density at radius 2 is 2.35 bits per heavy atom. The summed E-state index contributed by atoms with van der Waals surface area (Å²) in [5.41, 5.74) is 9.49. The molecular formula is C10H11IN4P2. The van der Waals surface area contributed by atoms with Crippen molar-refractivity contribution >= 4 is 66.0 Å². The molecule has 2 unspecified atom stereocenters. The number of allylic oxidation sites excluding steroid dienone is 1. The lowest BCUT2D eigenvalue weighted by Crippen LogP contribution is -1.92. The maximum atomic E-state index is 7.37. The molecule has 0 aliphatic carbocycles. The Morgan fingerprint density at radius 1 is 1.59 bits per heavy atom. The van der Waals surface area contributed by atoms with Crippen molar-refractivity contribution in [3.63, 3.8) is 0 Å². The number of anilines is 1. The average molecular weight is 376 g/mol. The molecule has 2 rings (SSSR count). The van der Waals surface area contributed by atoms with Gasteiger partial charge in [-0.3, -0.25) is 0 Å². The van der Waals surface area contributed by atoms with Crippen LogP contribution in [-0.2, 0) is 0 Å². The van der Waals surface area contributed by atoms with Gasteiger partial charge in [0.15, 0.2) is 0 Å². The van der Waals surface area contributed by atoms with Gasteiger partial charge in [-0.15, -0.1) is 9.24 Å². The van der Waals surface area contributed by atoms with E-state index in [1.807, 2.05) is 22.4 Å². The first-order valence-electron chi connectivity index (χ1n) is 4.78. The van der Waals surface area contributed by atoms with E-state index < -0.39 is 0 Å². The van der Waals surface area contributed by atoms with Gasteiger partial charge < -0.3 is 11.1 Å². The molecule has 1 aromatic carbocycles. The van der Waals surface area contributed by atoms with Crippen LogP contribution in [0, 0.1) is 5.41 Å². The highest BCUT2D eigenvalue weighted by molar-refractivity contribution is 14.2. The molecule has 3 N–H and O–H groups in total. The molecule has 0 spiro atoms. The summed E-state index contributed by atoms with van der Waals surface area (Å²) in [6.07, 6.45) is 3.64. The zero-order valence-electron chi connectivity index (χ0n) is 8.81. The van der Waals surface area contributed by atoms with Crippen molar-refractivity contribution < 1.29 is 0 Å². The number of halogens is 1. The maximum Gasteiger partial charge on any atom is 0.0756 e. The molecule has 88 valence electrons. The van der Waals surface area contributed by atoms with E-state index in [-0.39, 0.29) is 0 Å². The molecule has 2 aromatic rings. The van der Waals surface area contributed by atoms with Crippen molar-refractivity contribution in [2.45, 2.75) is 0 Å². The molecule has 4 nitrogen and oxygen atoms in total. The Balaban J connectivity index is 2.72. The predicted molar refractivity (Wildman–Crippen MR) is 88.3 cm³/mol. The Morgan fingerprint density at radius 3 is 2.94 bits per heavy atom. The number of hydrogen-bond acceptors (Lipinski definition) is 3. The molecule has 0 fully saturated rings. The SMILES string of the molecule is N=C/C(=C\P)c1cc(N)c2cnn(PI)c2c1.